The molecule has 6 nitrogen and oxygen atoms in total. The van der Waals surface area contributed by atoms with Crippen molar-refractivity contribution in [2.75, 3.05) is 11.1 Å². The zero-order valence-electron chi connectivity index (χ0n) is 18.1. The van der Waals surface area contributed by atoms with Crippen LogP contribution in [0.15, 0.2) is 54.2 Å². The van der Waals surface area contributed by atoms with Gasteiger partial charge < -0.3 is 10.1 Å². The molecule has 0 saturated carbocycles. The average Bonchev–Trinajstić information content (AvgIpc) is 3.15. The number of hydrogen-bond donors (Lipinski definition) is 1. The Hall–Kier alpha value is -2.48. The number of aromatic nitrogens is 3. The lowest BCUT2D eigenvalue weighted by Crippen LogP contribution is -2.16. The molecule has 0 spiro atoms. The predicted molar refractivity (Wildman–Crippen MR) is 131 cm³/mol. The largest absolute Gasteiger partial charge is 0.483 e. The summed E-state index contributed by atoms with van der Waals surface area (Å²) in [5.41, 5.74) is 2.83. The molecule has 32 heavy (non-hydrogen) atoms. The maximum absolute atomic E-state index is 12.4. The molecule has 3 rings (SSSR count). The lowest BCUT2D eigenvalue weighted by molar-refractivity contribution is -0.113. The summed E-state index contributed by atoms with van der Waals surface area (Å²) in [6, 6.07) is 10.9. The first-order valence-corrected chi connectivity index (χ1v) is 11.7. The van der Waals surface area contributed by atoms with Crippen LogP contribution in [0, 0.1) is 13.8 Å². The van der Waals surface area contributed by atoms with E-state index in [-0.39, 0.29) is 17.8 Å². The number of rotatable bonds is 9. The molecule has 0 fully saturated rings. The van der Waals surface area contributed by atoms with E-state index in [1.807, 2.05) is 36.6 Å². The highest BCUT2D eigenvalue weighted by Gasteiger charge is 2.20. The maximum Gasteiger partial charge on any atom is 0.234 e. The van der Waals surface area contributed by atoms with Crippen molar-refractivity contribution in [2.24, 2.45) is 0 Å². The first kappa shape index (κ1) is 24.2. The molecule has 1 aromatic heterocycles. The molecule has 0 aliphatic carbocycles. The number of nitrogens with zero attached hydrogens (tertiary/aromatic N) is 3. The van der Waals surface area contributed by atoms with Gasteiger partial charge in [-0.05, 0) is 62.2 Å². The van der Waals surface area contributed by atoms with E-state index in [0.29, 0.717) is 33.3 Å². The highest BCUT2D eigenvalue weighted by Crippen LogP contribution is 2.28. The van der Waals surface area contributed by atoms with E-state index in [2.05, 4.69) is 29.0 Å². The van der Waals surface area contributed by atoms with E-state index in [0.717, 1.165) is 11.3 Å². The van der Waals surface area contributed by atoms with Gasteiger partial charge in [0.15, 0.2) is 17.1 Å². The van der Waals surface area contributed by atoms with Crippen LogP contribution in [0.2, 0.25) is 10.0 Å². The molecule has 0 aliphatic rings. The molecular weight excluding hydrogens is 467 g/mol. The number of amides is 1. The van der Waals surface area contributed by atoms with Crippen LogP contribution in [0.5, 0.6) is 5.75 Å². The predicted octanol–water partition coefficient (Wildman–Crippen LogP) is 6.26. The van der Waals surface area contributed by atoms with Gasteiger partial charge in [-0.2, -0.15) is 0 Å². The number of halogens is 2. The second kappa shape index (κ2) is 10.9. The number of thioether (sulfide) groups is 1. The third kappa shape index (κ3) is 6.06. The number of ether oxygens (including phenoxy) is 1. The third-order valence-electron chi connectivity index (χ3n) is 4.75. The van der Waals surface area contributed by atoms with Crippen molar-refractivity contribution in [1.29, 1.82) is 0 Å². The van der Waals surface area contributed by atoms with Crippen LogP contribution in [-0.2, 0) is 11.3 Å². The van der Waals surface area contributed by atoms with Crippen molar-refractivity contribution in [3.05, 3.63) is 76.0 Å². The van der Waals surface area contributed by atoms with Crippen LogP contribution in [0.3, 0.4) is 0 Å². The van der Waals surface area contributed by atoms with Crippen molar-refractivity contribution in [3.63, 3.8) is 0 Å². The Balaban J connectivity index is 1.69. The monoisotopic (exact) mass is 490 g/mol. The molecule has 0 saturated heterocycles. The Morgan fingerprint density at radius 3 is 2.72 bits per heavy atom. The van der Waals surface area contributed by atoms with E-state index in [4.69, 9.17) is 27.9 Å². The number of hydrogen-bond acceptors (Lipinski definition) is 5. The zero-order chi connectivity index (χ0) is 23.3. The topological polar surface area (TPSA) is 69.0 Å². The highest BCUT2D eigenvalue weighted by molar-refractivity contribution is 7.99. The van der Waals surface area contributed by atoms with Crippen molar-refractivity contribution in [1.82, 2.24) is 14.8 Å². The number of benzene rings is 2. The smallest absolute Gasteiger partial charge is 0.234 e. The molecule has 1 atom stereocenters. The summed E-state index contributed by atoms with van der Waals surface area (Å²) in [7, 11) is 0. The van der Waals surface area contributed by atoms with Crippen LogP contribution in [0.4, 0.5) is 5.69 Å². The number of carbonyl (C=O) groups is 1. The molecule has 1 N–H and O–H groups in total. The van der Waals surface area contributed by atoms with E-state index in [1.165, 1.54) is 17.3 Å². The Bertz CT molecular complexity index is 1130. The first-order chi connectivity index (χ1) is 15.3. The molecule has 1 heterocycles. The van der Waals surface area contributed by atoms with Gasteiger partial charge in [-0.15, -0.1) is 16.8 Å². The molecular formula is C23H24Cl2N4O2S. The van der Waals surface area contributed by atoms with Gasteiger partial charge in [0, 0.05) is 11.6 Å². The number of carbonyl (C=O) groups excluding carboxylic acids is 1. The minimum absolute atomic E-state index is 0.129. The summed E-state index contributed by atoms with van der Waals surface area (Å²) in [5, 5.41) is 12.8. The van der Waals surface area contributed by atoms with Crippen LogP contribution in [-0.4, -0.2) is 26.4 Å². The Labute approximate surface area is 202 Å². The molecule has 2 aromatic carbocycles. The summed E-state index contributed by atoms with van der Waals surface area (Å²) in [4.78, 5) is 12.4. The zero-order valence-corrected chi connectivity index (χ0v) is 20.4. The second-order valence-corrected chi connectivity index (χ2v) is 8.99. The Morgan fingerprint density at radius 2 is 2.00 bits per heavy atom. The lowest BCUT2D eigenvalue weighted by Gasteiger charge is -2.16. The summed E-state index contributed by atoms with van der Waals surface area (Å²) < 4.78 is 7.98. The third-order valence-corrected chi connectivity index (χ3v) is 6.28. The van der Waals surface area contributed by atoms with Crippen LogP contribution < -0.4 is 10.1 Å². The normalized spacial score (nSPS) is 11.8. The van der Waals surface area contributed by atoms with Gasteiger partial charge in [0.1, 0.15) is 5.75 Å². The quantitative estimate of drug-likeness (QED) is 0.283. The highest BCUT2D eigenvalue weighted by atomic mass is 35.5. The van der Waals surface area contributed by atoms with Gasteiger partial charge in [-0.25, -0.2) is 0 Å². The number of nitrogens with one attached hydrogen (secondary N) is 1. The van der Waals surface area contributed by atoms with Crippen LogP contribution in [0.1, 0.15) is 30.0 Å². The van der Waals surface area contributed by atoms with Gasteiger partial charge in [-0.3, -0.25) is 9.36 Å². The lowest BCUT2D eigenvalue weighted by atomic mass is 10.1. The number of aryl methyl sites for hydroxylation is 2. The molecule has 9 heteroatoms. The molecule has 0 radical (unpaired) electrons. The number of anilines is 1. The van der Waals surface area contributed by atoms with E-state index >= 15 is 0 Å². The van der Waals surface area contributed by atoms with Gasteiger partial charge in [0.2, 0.25) is 5.91 Å². The minimum Gasteiger partial charge on any atom is -0.483 e. The summed E-state index contributed by atoms with van der Waals surface area (Å²) in [6.45, 7) is 10.3. The van der Waals surface area contributed by atoms with Gasteiger partial charge >= 0.3 is 0 Å². The summed E-state index contributed by atoms with van der Waals surface area (Å²) >= 11 is 13.4. The standard InChI is InChI=1S/C23H24Cl2N4O2S/c1-5-10-29-22(16(4)31-18-8-6-14(2)15(3)11-18)27-28-23(29)32-13-21(30)26-20-12-17(24)7-9-19(20)25/h5-9,11-12,16H,1,10,13H2,2-4H3,(H,26,30). The van der Waals surface area contributed by atoms with Gasteiger partial charge in [0.05, 0.1) is 16.5 Å². The van der Waals surface area contributed by atoms with Crippen molar-refractivity contribution in [3.8, 4) is 5.75 Å². The Kier molecular flexibility index (Phi) is 8.23. The molecule has 1 amide bonds. The van der Waals surface area contributed by atoms with E-state index in [9.17, 15) is 4.79 Å². The van der Waals surface area contributed by atoms with Crippen molar-refractivity contribution in [2.45, 2.75) is 38.6 Å². The minimum atomic E-state index is -0.335. The molecule has 1 unspecified atom stereocenters. The van der Waals surface area contributed by atoms with Gasteiger partial charge in [0.25, 0.3) is 0 Å². The maximum atomic E-state index is 12.4. The first-order valence-electron chi connectivity index (χ1n) is 9.94. The molecule has 0 aliphatic heterocycles. The molecule has 0 bridgehead atoms. The summed E-state index contributed by atoms with van der Waals surface area (Å²) in [5.74, 6) is 1.32. The molecule has 168 valence electrons. The fraction of sp³-hybridized carbons (Fsp3) is 0.261. The second-order valence-electron chi connectivity index (χ2n) is 7.21. The van der Waals surface area contributed by atoms with Crippen LogP contribution in [0.25, 0.3) is 0 Å². The van der Waals surface area contributed by atoms with E-state index in [1.54, 1.807) is 24.3 Å². The molecule has 3 aromatic rings. The summed E-state index contributed by atoms with van der Waals surface area (Å²) in [6.07, 6.45) is 1.42. The number of allylic oxidation sites excluding steroid dienone is 1. The Morgan fingerprint density at radius 1 is 1.22 bits per heavy atom. The average molecular weight is 491 g/mol. The van der Waals surface area contributed by atoms with E-state index < -0.39 is 0 Å². The fourth-order valence-corrected chi connectivity index (χ4v) is 4.05. The van der Waals surface area contributed by atoms with Crippen LogP contribution >= 0.6 is 35.0 Å². The SMILES string of the molecule is C=CCn1c(SCC(=O)Nc2cc(Cl)ccc2Cl)nnc1C(C)Oc1ccc(C)c(C)c1. The van der Waals surface area contributed by atoms with Gasteiger partial charge in [-0.1, -0.05) is 47.1 Å². The van der Waals surface area contributed by atoms with Crippen molar-refractivity contribution >= 4 is 46.6 Å². The fourth-order valence-electron chi connectivity index (χ4n) is 2.96. The van der Waals surface area contributed by atoms with Crippen molar-refractivity contribution < 1.29 is 9.53 Å².